The number of ether oxygens (including phenoxy) is 2. The normalized spacial score (nSPS) is 10.4. The third-order valence-electron chi connectivity index (χ3n) is 3.57. The van der Waals surface area contributed by atoms with Crippen molar-refractivity contribution < 1.29 is 18.7 Å². The van der Waals surface area contributed by atoms with Crippen molar-refractivity contribution in [3.63, 3.8) is 0 Å². The zero-order chi connectivity index (χ0) is 17.1. The Labute approximate surface area is 137 Å². The first-order valence-electron chi connectivity index (χ1n) is 7.18. The van der Waals surface area contributed by atoms with Gasteiger partial charge in [0.25, 0.3) is 5.91 Å². The topological polar surface area (TPSA) is 77.8 Å². The summed E-state index contributed by atoms with van der Waals surface area (Å²) in [5, 5.41) is 3.14. The van der Waals surface area contributed by atoms with E-state index in [9.17, 15) is 9.59 Å². The van der Waals surface area contributed by atoms with Crippen molar-refractivity contribution in [3.8, 4) is 11.5 Å². The maximum atomic E-state index is 12.6. The Morgan fingerprint density at radius 2 is 1.75 bits per heavy atom. The van der Waals surface area contributed by atoms with Crippen LogP contribution in [0.1, 0.15) is 10.4 Å². The van der Waals surface area contributed by atoms with E-state index in [1.807, 2.05) is 0 Å². The summed E-state index contributed by atoms with van der Waals surface area (Å²) in [6.45, 7) is 0. The van der Waals surface area contributed by atoms with E-state index in [0.29, 0.717) is 28.2 Å². The van der Waals surface area contributed by atoms with Crippen LogP contribution in [0.25, 0.3) is 11.0 Å². The largest absolute Gasteiger partial charge is 0.496 e. The smallest absolute Gasteiger partial charge is 0.263 e. The lowest BCUT2D eigenvalue weighted by atomic mass is 10.1. The van der Waals surface area contributed by atoms with Crippen molar-refractivity contribution >= 4 is 22.6 Å². The second-order valence-electron chi connectivity index (χ2n) is 4.99. The second kappa shape index (κ2) is 6.45. The monoisotopic (exact) mass is 325 g/mol. The van der Waals surface area contributed by atoms with Crippen LogP contribution in [0, 0.1) is 0 Å². The zero-order valence-electron chi connectivity index (χ0n) is 13.2. The minimum atomic E-state index is -0.399. The summed E-state index contributed by atoms with van der Waals surface area (Å²) in [4.78, 5) is 24.5. The van der Waals surface area contributed by atoms with Crippen LogP contribution in [-0.2, 0) is 0 Å². The van der Waals surface area contributed by atoms with Crippen LogP contribution in [0.3, 0.4) is 0 Å². The average Bonchev–Trinajstić information content (AvgIpc) is 2.61. The summed E-state index contributed by atoms with van der Waals surface area (Å²) >= 11 is 0. The molecule has 24 heavy (non-hydrogen) atoms. The van der Waals surface area contributed by atoms with Crippen LogP contribution in [-0.4, -0.2) is 20.1 Å². The Balaban J connectivity index is 1.99. The lowest BCUT2D eigenvalue weighted by molar-refractivity contribution is 0.102. The molecule has 3 aromatic rings. The number of benzene rings is 2. The minimum absolute atomic E-state index is 0.178. The van der Waals surface area contributed by atoms with Crippen molar-refractivity contribution in [1.82, 2.24) is 0 Å². The molecule has 0 saturated carbocycles. The van der Waals surface area contributed by atoms with Crippen LogP contribution < -0.4 is 20.2 Å². The van der Waals surface area contributed by atoms with Gasteiger partial charge in [0.05, 0.1) is 25.9 Å². The first-order valence-corrected chi connectivity index (χ1v) is 7.18. The number of hydrogen-bond acceptors (Lipinski definition) is 5. The summed E-state index contributed by atoms with van der Waals surface area (Å²) in [5.41, 5.74) is 1.03. The number of fused-ring (bicyclic) bond motifs is 1. The van der Waals surface area contributed by atoms with E-state index in [-0.39, 0.29) is 11.0 Å². The molecule has 122 valence electrons. The van der Waals surface area contributed by atoms with Gasteiger partial charge in [-0.1, -0.05) is 6.07 Å². The number of rotatable bonds is 4. The number of amides is 1. The molecule has 1 aromatic heterocycles. The third-order valence-corrected chi connectivity index (χ3v) is 3.57. The van der Waals surface area contributed by atoms with E-state index in [4.69, 9.17) is 13.9 Å². The standard InChI is InChI=1S/C18H15NO5/c1-22-15-4-3-5-16(23-2)17(15)18(21)19-11-6-7-14-12(10-11)13(20)8-9-24-14/h3-10H,1-2H3,(H,19,21). The highest BCUT2D eigenvalue weighted by Gasteiger charge is 2.18. The highest BCUT2D eigenvalue weighted by Crippen LogP contribution is 2.29. The molecule has 0 aliphatic rings. The molecular formula is C18H15NO5. The van der Waals surface area contributed by atoms with Gasteiger partial charge in [0.15, 0.2) is 5.43 Å². The van der Waals surface area contributed by atoms with E-state index in [2.05, 4.69) is 5.32 Å². The second-order valence-corrected chi connectivity index (χ2v) is 4.99. The number of hydrogen-bond donors (Lipinski definition) is 1. The molecule has 0 aliphatic carbocycles. The first kappa shape index (κ1) is 15.6. The molecule has 0 aliphatic heterocycles. The van der Waals surface area contributed by atoms with E-state index >= 15 is 0 Å². The molecule has 0 fully saturated rings. The van der Waals surface area contributed by atoms with Crippen molar-refractivity contribution in [2.24, 2.45) is 0 Å². The fourth-order valence-electron chi connectivity index (χ4n) is 2.43. The van der Waals surface area contributed by atoms with Crippen LogP contribution >= 0.6 is 0 Å². The van der Waals surface area contributed by atoms with Gasteiger partial charge >= 0.3 is 0 Å². The maximum absolute atomic E-state index is 12.6. The van der Waals surface area contributed by atoms with Crippen molar-refractivity contribution in [1.29, 1.82) is 0 Å². The molecule has 0 saturated heterocycles. The molecule has 2 aromatic carbocycles. The molecule has 0 bridgehead atoms. The molecule has 3 rings (SSSR count). The van der Waals surface area contributed by atoms with Gasteiger partial charge < -0.3 is 19.2 Å². The van der Waals surface area contributed by atoms with Crippen LogP contribution in [0.5, 0.6) is 11.5 Å². The molecule has 1 amide bonds. The predicted molar refractivity (Wildman–Crippen MR) is 90.0 cm³/mol. The Morgan fingerprint density at radius 1 is 1.04 bits per heavy atom. The van der Waals surface area contributed by atoms with E-state index in [0.717, 1.165) is 0 Å². The van der Waals surface area contributed by atoms with Gasteiger partial charge in [0.1, 0.15) is 22.6 Å². The first-order chi connectivity index (χ1) is 11.6. The lowest BCUT2D eigenvalue weighted by Crippen LogP contribution is -2.14. The molecule has 6 nitrogen and oxygen atoms in total. The van der Waals surface area contributed by atoms with Gasteiger partial charge in [-0.2, -0.15) is 0 Å². The average molecular weight is 325 g/mol. The van der Waals surface area contributed by atoms with Gasteiger partial charge in [-0.15, -0.1) is 0 Å². The number of anilines is 1. The van der Waals surface area contributed by atoms with Crippen LogP contribution in [0.15, 0.2) is 57.9 Å². The lowest BCUT2D eigenvalue weighted by Gasteiger charge is -2.13. The summed E-state index contributed by atoms with van der Waals surface area (Å²) in [6.07, 6.45) is 1.34. The summed E-state index contributed by atoms with van der Waals surface area (Å²) in [5.74, 6) is 0.392. The van der Waals surface area contributed by atoms with E-state index < -0.39 is 5.91 Å². The van der Waals surface area contributed by atoms with Gasteiger partial charge in [0.2, 0.25) is 0 Å². The molecule has 0 unspecified atom stereocenters. The summed E-state index contributed by atoms with van der Waals surface area (Å²) in [6, 6.07) is 11.3. The highest BCUT2D eigenvalue weighted by atomic mass is 16.5. The van der Waals surface area contributed by atoms with Gasteiger partial charge in [0, 0.05) is 11.8 Å². The predicted octanol–water partition coefficient (Wildman–Crippen LogP) is 3.06. The number of carbonyl (C=O) groups is 1. The zero-order valence-corrected chi connectivity index (χ0v) is 13.2. The molecule has 1 heterocycles. The van der Waals surface area contributed by atoms with Gasteiger partial charge in [-0.25, -0.2) is 0 Å². The molecule has 0 atom stereocenters. The van der Waals surface area contributed by atoms with Crippen LogP contribution in [0.2, 0.25) is 0 Å². The number of carbonyl (C=O) groups excluding carboxylic acids is 1. The fraction of sp³-hybridized carbons (Fsp3) is 0.111. The molecule has 0 radical (unpaired) electrons. The number of methoxy groups -OCH3 is 2. The molecular weight excluding hydrogens is 310 g/mol. The minimum Gasteiger partial charge on any atom is -0.496 e. The maximum Gasteiger partial charge on any atom is 0.263 e. The fourth-order valence-corrected chi connectivity index (χ4v) is 2.43. The van der Waals surface area contributed by atoms with Crippen molar-refractivity contribution in [3.05, 3.63) is 64.5 Å². The quantitative estimate of drug-likeness (QED) is 0.797. The summed E-state index contributed by atoms with van der Waals surface area (Å²) < 4.78 is 15.7. The van der Waals surface area contributed by atoms with E-state index in [1.165, 1.54) is 26.5 Å². The van der Waals surface area contributed by atoms with Crippen LogP contribution in [0.4, 0.5) is 5.69 Å². The highest BCUT2D eigenvalue weighted by molar-refractivity contribution is 6.08. The SMILES string of the molecule is COc1cccc(OC)c1C(=O)Nc1ccc2occc(=O)c2c1. The number of nitrogens with one attached hydrogen (secondary N) is 1. The van der Waals surface area contributed by atoms with Gasteiger partial charge in [-0.3, -0.25) is 9.59 Å². The van der Waals surface area contributed by atoms with Gasteiger partial charge in [-0.05, 0) is 30.3 Å². The van der Waals surface area contributed by atoms with Crippen molar-refractivity contribution in [2.75, 3.05) is 19.5 Å². The Morgan fingerprint density at radius 3 is 2.42 bits per heavy atom. The van der Waals surface area contributed by atoms with E-state index in [1.54, 1.807) is 36.4 Å². The molecule has 6 heteroatoms. The Kier molecular flexibility index (Phi) is 4.20. The third kappa shape index (κ3) is 2.81. The summed E-state index contributed by atoms with van der Waals surface area (Å²) in [7, 11) is 2.96. The Bertz CT molecular complexity index is 939. The molecule has 0 spiro atoms. The Hall–Kier alpha value is -3.28. The molecule has 1 N–H and O–H groups in total. The van der Waals surface area contributed by atoms with Crippen molar-refractivity contribution in [2.45, 2.75) is 0 Å².